The van der Waals surface area contributed by atoms with E-state index in [1.165, 1.54) is 19.3 Å². The molecule has 2 amide bonds. The van der Waals surface area contributed by atoms with E-state index in [2.05, 4.69) is 10.6 Å². The van der Waals surface area contributed by atoms with Crippen molar-refractivity contribution in [3.63, 3.8) is 0 Å². The molecule has 1 aromatic rings. The number of anilines is 1. The van der Waals surface area contributed by atoms with E-state index in [1.807, 2.05) is 24.1 Å². The molecule has 2 rings (SSSR count). The van der Waals surface area contributed by atoms with Crippen molar-refractivity contribution in [2.75, 3.05) is 39.2 Å². The number of nitrogens with zero attached hydrogens (tertiary/aromatic N) is 1. The molecular weight excluding hydrogens is 318 g/mol. The zero-order valence-electron chi connectivity index (χ0n) is 15.2. The lowest BCUT2D eigenvalue weighted by Crippen LogP contribution is -2.39. The highest BCUT2D eigenvalue weighted by Crippen LogP contribution is 2.24. The maximum absolute atomic E-state index is 12.9. The van der Waals surface area contributed by atoms with Crippen molar-refractivity contribution in [3.8, 4) is 0 Å². The molecule has 0 aliphatic heterocycles. The van der Waals surface area contributed by atoms with E-state index in [0.29, 0.717) is 30.4 Å². The van der Waals surface area contributed by atoms with E-state index in [-0.39, 0.29) is 18.4 Å². The summed E-state index contributed by atoms with van der Waals surface area (Å²) in [5.41, 5.74) is 1.11. The minimum atomic E-state index is -0.170. The first-order chi connectivity index (χ1) is 12.1. The largest absolute Gasteiger partial charge is 0.383 e. The number of amides is 2. The zero-order chi connectivity index (χ0) is 18.1. The summed E-state index contributed by atoms with van der Waals surface area (Å²) >= 11 is 0. The lowest BCUT2D eigenvalue weighted by Gasteiger charge is -2.31. The first-order valence-corrected chi connectivity index (χ1v) is 8.99. The summed E-state index contributed by atoms with van der Waals surface area (Å²) in [6.07, 6.45) is 5.71. The van der Waals surface area contributed by atoms with Crippen LogP contribution in [0, 0.1) is 0 Å². The van der Waals surface area contributed by atoms with Gasteiger partial charge in [-0.05, 0) is 25.0 Å². The number of nitrogens with one attached hydrogen (secondary N) is 2. The average Bonchev–Trinajstić information content (AvgIpc) is 2.65. The van der Waals surface area contributed by atoms with Gasteiger partial charge in [-0.2, -0.15) is 0 Å². The van der Waals surface area contributed by atoms with Gasteiger partial charge < -0.3 is 20.3 Å². The molecule has 0 saturated heterocycles. The van der Waals surface area contributed by atoms with Crippen LogP contribution < -0.4 is 10.6 Å². The molecule has 1 saturated carbocycles. The molecule has 1 aliphatic rings. The summed E-state index contributed by atoms with van der Waals surface area (Å²) in [4.78, 5) is 26.8. The number of methoxy groups -OCH3 is 1. The number of benzene rings is 1. The Bertz CT molecular complexity index is 571. The van der Waals surface area contributed by atoms with Crippen molar-refractivity contribution in [1.82, 2.24) is 10.2 Å². The van der Waals surface area contributed by atoms with Crippen LogP contribution in [-0.4, -0.2) is 56.6 Å². The summed E-state index contributed by atoms with van der Waals surface area (Å²) < 4.78 is 4.93. The van der Waals surface area contributed by atoms with Crippen molar-refractivity contribution in [2.24, 2.45) is 0 Å². The van der Waals surface area contributed by atoms with Crippen LogP contribution in [0.5, 0.6) is 0 Å². The summed E-state index contributed by atoms with van der Waals surface area (Å²) in [6, 6.07) is 7.49. The monoisotopic (exact) mass is 347 g/mol. The molecule has 0 bridgehead atoms. The molecule has 0 unspecified atom stereocenters. The Labute approximate surface area is 149 Å². The molecule has 1 aliphatic carbocycles. The van der Waals surface area contributed by atoms with Gasteiger partial charge in [0.2, 0.25) is 5.91 Å². The summed E-state index contributed by atoms with van der Waals surface area (Å²) in [6.45, 7) is 1.34. The standard InChI is InChI=1S/C19H29N3O3/c1-22(15-8-4-3-5-9-15)19(24)16-10-6-7-11-17(16)21-18(23)14-20-12-13-25-2/h6-7,10-11,15,20H,3-5,8-9,12-14H2,1-2H3,(H,21,23). The lowest BCUT2D eigenvalue weighted by atomic mass is 9.94. The molecule has 6 heteroatoms. The highest BCUT2D eigenvalue weighted by atomic mass is 16.5. The minimum Gasteiger partial charge on any atom is -0.383 e. The van der Waals surface area contributed by atoms with E-state index >= 15 is 0 Å². The summed E-state index contributed by atoms with van der Waals surface area (Å²) in [5, 5.41) is 5.83. The van der Waals surface area contributed by atoms with Crippen LogP contribution in [0.25, 0.3) is 0 Å². The smallest absolute Gasteiger partial charge is 0.255 e. The fraction of sp³-hybridized carbons (Fsp3) is 0.579. The Morgan fingerprint density at radius 2 is 1.92 bits per heavy atom. The number of hydrogen-bond donors (Lipinski definition) is 2. The Morgan fingerprint density at radius 1 is 1.20 bits per heavy atom. The second-order valence-electron chi connectivity index (χ2n) is 6.47. The molecule has 0 atom stereocenters. The quantitative estimate of drug-likeness (QED) is 0.708. The Morgan fingerprint density at radius 3 is 2.64 bits per heavy atom. The molecule has 1 aromatic carbocycles. The molecule has 1 fully saturated rings. The topological polar surface area (TPSA) is 70.7 Å². The first-order valence-electron chi connectivity index (χ1n) is 8.99. The number of carbonyl (C=O) groups is 2. The van der Waals surface area contributed by atoms with Crippen molar-refractivity contribution in [3.05, 3.63) is 29.8 Å². The number of ether oxygens (including phenoxy) is 1. The van der Waals surface area contributed by atoms with Gasteiger partial charge in [0.25, 0.3) is 5.91 Å². The molecule has 138 valence electrons. The van der Waals surface area contributed by atoms with Gasteiger partial charge in [-0.1, -0.05) is 31.4 Å². The third-order valence-electron chi connectivity index (χ3n) is 4.64. The van der Waals surface area contributed by atoms with Gasteiger partial charge in [0.05, 0.1) is 24.4 Å². The zero-order valence-corrected chi connectivity index (χ0v) is 15.2. The van der Waals surface area contributed by atoms with Gasteiger partial charge in [-0.3, -0.25) is 9.59 Å². The van der Waals surface area contributed by atoms with Gasteiger partial charge >= 0.3 is 0 Å². The second kappa shape index (κ2) is 10.2. The van der Waals surface area contributed by atoms with Crippen LogP contribution in [0.3, 0.4) is 0 Å². The Kier molecular flexibility index (Phi) is 7.88. The lowest BCUT2D eigenvalue weighted by molar-refractivity contribution is -0.115. The van der Waals surface area contributed by atoms with Crippen LogP contribution in [0.4, 0.5) is 5.69 Å². The van der Waals surface area contributed by atoms with Crippen LogP contribution in [-0.2, 0) is 9.53 Å². The van der Waals surface area contributed by atoms with Crippen LogP contribution in [0.2, 0.25) is 0 Å². The van der Waals surface area contributed by atoms with Crippen LogP contribution >= 0.6 is 0 Å². The Hall–Kier alpha value is -1.92. The van der Waals surface area contributed by atoms with Crippen LogP contribution in [0.15, 0.2) is 24.3 Å². The van der Waals surface area contributed by atoms with Gasteiger partial charge in [-0.15, -0.1) is 0 Å². The molecule has 0 spiro atoms. The first kappa shape index (κ1) is 19.4. The highest BCUT2D eigenvalue weighted by Gasteiger charge is 2.24. The Balaban J connectivity index is 1.98. The third-order valence-corrected chi connectivity index (χ3v) is 4.64. The normalized spacial score (nSPS) is 15.0. The van der Waals surface area contributed by atoms with Gasteiger partial charge in [0.1, 0.15) is 0 Å². The van der Waals surface area contributed by atoms with E-state index in [9.17, 15) is 9.59 Å². The maximum Gasteiger partial charge on any atom is 0.255 e. The predicted molar refractivity (Wildman–Crippen MR) is 98.8 cm³/mol. The second-order valence-corrected chi connectivity index (χ2v) is 6.47. The molecular formula is C19H29N3O3. The molecule has 6 nitrogen and oxygen atoms in total. The predicted octanol–water partition coefficient (Wildman–Crippen LogP) is 2.27. The van der Waals surface area contributed by atoms with Crippen molar-refractivity contribution in [2.45, 2.75) is 38.1 Å². The fourth-order valence-electron chi connectivity index (χ4n) is 3.17. The maximum atomic E-state index is 12.9. The molecule has 0 aromatic heterocycles. The highest BCUT2D eigenvalue weighted by molar-refractivity contribution is 6.04. The van der Waals surface area contributed by atoms with E-state index in [0.717, 1.165) is 12.8 Å². The molecule has 2 N–H and O–H groups in total. The SMILES string of the molecule is COCCNCC(=O)Nc1ccccc1C(=O)N(C)C1CCCCC1. The molecule has 0 radical (unpaired) electrons. The van der Waals surface area contributed by atoms with E-state index in [1.54, 1.807) is 19.2 Å². The van der Waals surface area contributed by atoms with Crippen molar-refractivity contribution in [1.29, 1.82) is 0 Å². The number of carbonyl (C=O) groups excluding carboxylic acids is 2. The minimum absolute atomic E-state index is 0.0323. The van der Waals surface area contributed by atoms with Crippen LogP contribution in [0.1, 0.15) is 42.5 Å². The number of hydrogen-bond acceptors (Lipinski definition) is 4. The number of para-hydroxylation sites is 1. The number of rotatable bonds is 8. The summed E-state index contributed by atoms with van der Waals surface area (Å²) in [7, 11) is 3.48. The molecule has 25 heavy (non-hydrogen) atoms. The van der Waals surface area contributed by atoms with E-state index < -0.39 is 0 Å². The van der Waals surface area contributed by atoms with Crippen molar-refractivity contribution < 1.29 is 14.3 Å². The third kappa shape index (κ3) is 5.83. The van der Waals surface area contributed by atoms with Crippen molar-refractivity contribution >= 4 is 17.5 Å². The van der Waals surface area contributed by atoms with E-state index in [4.69, 9.17) is 4.74 Å². The van der Waals surface area contributed by atoms with Gasteiger partial charge in [0, 0.05) is 26.7 Å². The average molecular weight is 347 g/mol. The fourth-order valence-corrected chi connectivity index (χ4v) is 3.17. The van der Waals surface area contributed by atoms with Gasteiger partial charge in [0.15, 0.2) is 0 Å². The summed E-state index contributed by atoms with van der Waals surface area (Å²) in [5.74, 6) is -0.202. The van der Waals surface area contributed by atoms with Gasteiger partial charge in [-0.25, -0.2) is 0 Å². The molecule has 0 heterocycles.